The number of aryl methyl sites for hydroxylation is 1. The molecular formula is C12H18N2O2. The average Bonchev–Trinajstić information content (AvgIpc) is 2.27. The van der Waals surface area contributed by atoms with Crippen LogP contribution in [-0.4, -0.2) is 4.92 Å². The van der Waals surface area contributed by atoms with Crippen molar-refractivity contribution in [2.75, 3.05) is 0 Å². The molecule has 0 saturated heterocycles. The Morgan fingerprint density at radius 3 is 2.62 bits per heavy atom. The zero-order valence-corrected chi connectivity index (χ0v) is 9.93. The van der Waals surface area contributed by atoms with Crippen LogP contribution in [0.25, 0.3) is 0 Å². The van der Waals surface area contributed by atoms with Gasteiger partial charge in [0.25, 0.3) is 5.69 Å². The minimum Gasteiger partial charge on any atom is -0.324 e. The van der Waals surface area contributed by atoms with Crippen LogP contribution in [0.15, 0.2) is 18.2 Å². The van der Waals surface area contributed by atoms with Crippen LogP contribution >= 0.6 is 0 Å². The summed E-state index contributed by atoms with van der Waals surface area (Å²) in [7, 11) is 0. The molecule has 1 aromatic rings. The maximum absolute atomic E-state index is 10.7. The molecule has 2 atom stereocenters. The summed E-state index contributed by atoms with van der Waals surface area (Å²) in [5, 5.41) is 10.7. The first kappa shape index (κ1) is 12.6. The van der Waals surface area contributed by atoms with Gasteiger partial charge >= 0.3 is 0 Å². The molecule has 0 aliphatic carbocycles. The maximum Gasteiger partial charge on any atom is 0.269 e. The van der Waals surface area contributed by atoms with Crippen molar-refractivity contribution >= 4 is 5.69 Å². The summed E-state index contributed by atoms with van der Waals surface area (Å²) in [6.45, 7) is 6.06. The highest BCUT2D eigenvalue weighted by Gasteiger charge is 2.18. The van der Waals surface area contributed by atoms with Gasteiger partial charge in [-0.05, 0) is 24.0 Å². The van der Waals surface area contributed by atoms with E-state index in [1.54, 1.807) is 12.1 Å². The van der Waals surface area contributed by atoms with Crippen molar-refractivity contribution in [3.05, 3.63) is 39.4 Å². The zero-order chi connectivity index (χ0) is 12.3. The van der Waals surface area contributed by atoms with Crippen molar-refractivity contribution in [2.24, 2.45) is 11.7 Å². The minimum absolute atomic E-state index is 0.111. The third-order valence-electron chi connectivity index (χ3n) is 3.09. The molecule has 0 radical (unpaired) electrons. The zero-order valence-electron chi connectivity index (χ0n) is 9.93. The molecule has 0 aliphatic rings. The number of hydrogen-bond donors (Lipinski definition) is 1. The van der Waals surface area contributed by atoms with Crippen LogP contribution in [-0.2, 0) is 0 Å². The van der Waals surface area contributed by atoms with Crippen LogP contribution in [0.5, 0.6) is 0 Å². The van der Waals surface area contributed by atoms with E-state index < -0.39 is 0 Å². The van der Waals surface area contributed by atoms with Crippen molar-refractivity contribution in [3.63, 3.8) is 0 Å². The summed E-state index contributed by atoms with van der Waals surface area (Å²) in [6.07, 6.45) is 0.962. The quantitative estimate of drug-likeness (QED) is 0.629. The number of nitrogens with two attached hydrogens (primary N) is 1. The van der Waals surface area contributed by atoms with Crippen molar-refractivity contribution in [2.45, 2.75) is 33.2 Å². The number of benzene rings is 1. The van der Waals surface area contributed by atoms with Crippen molar-refractivity contribution in [1.29, 1.82) is 0 Å². The highest BCUT2D eigenvalue weighted by atomic mass is 16.6. The first-order valence-electron chi connectivity index (χ1n) is 5.47. The third-order valence-corrected chi connectivity index (χ3v) is 3.09. The Bertz CT molecular complexity index is 391. The molecule has 2 N–H and O–H groups in total. The van der Waals surface area contributed by atoms with E-state index in [1.807, 2.05) is 6.92 Å². The van der Waals surface area contributed by atoms with E-state index in [2.05, 4.69) is 13.8 Å². The molecule has 0 amide bonds. The van der Waals surface area contributed by atoms with Gasteiger partial charge in [0.05, 0.1) is 4.92 Å². The van der Waals surface area contributed by atoms with E-state index in [1.165, 1.54) is 6.07 Å². The summed E-state index contributed by atoms with van der Waals surface area (Å²) < 4.78 is 0. The first-order valence-corrected chi connectivity index (χ1v) is 5.47. The molecule has 1 aromatic carbocycles. The predicted molar refractivity (Wildman–Crippen MR) is 64.2 cm³/mol. The molecule has 0 spiro atoms. The Hall–Kier alpha value is -1.42. The molecule has 88 valence electrons. The second-order valence-corrected chi connectivity index (χ2v) is 4.21. The molecule has 0 heterocycles. The molecular weight excluding hydrogens is 204 g/mol. The lowest BCUT2D eigenvalue weighted by Crippen LogP contribution is -2.19. The number of nitrogens with zero attached hydrogens (tertiary/aromatic N) is 1. The molecule has 0 aliphatic heterocycles. The van der Waals surface area contributed by atoms with Gasteiger partial charge in [-0.15, -0.1) is 0 Å². The third kappa shape index (κ3) is 2.58. The molecule has 0 aromatic heterocycles. The molecule has 16 heavy (non-hydrogen) atoms. The average molecular weight is 222 g/mol. The highest BCUT2D eigenvalue weighted by molar-refractivity contribution is 5.41. The van der Waals surface area contributed by atoms with Gasteiger partial charge in [0.2, 0.25) is 0 Å². The van der Waals surface area contributed by atoms with Gasteiger partial charge < -0.3 is 5.73 Å². The van der Waals surface area contributed by atoms with Gasteiger partial charge in [-0.1, -0.05) is 26.3 Å². The van der Waals surface area contributed by atoms with Gasteiger partial charge in [0.1, 0.15) is 0 Å². The second-order valence-electron chi connectivity index (χ2n) is 4.21. The Kier molecular flexibility index (Phi) is 4.01. The minimum atomic E-state index is -0.383. The van der Waals surface area contributed by atoms with E-state index in [0.717, 1.165) is 17.5 Å². The topological polar surface area (TPSA) is 69.2 Å². The van der Waals surface area contributed by atoms with Crippen LogP contribution in [0, 0.1) is 23.0 Å². The lowest BCUT2D eigenvalue weighted by Gasteiger charge is -2.20. The molecule has 1 rings (SSSR count). The molecule has 0 bridgehead atoms. The fourth-order valence-corrected chi connectivity index (χ4v) is 1.66. The summed E-state index contributed by atoms with van der Waals surface area (Å²) in [4.78, 5) is 10.3. The molecule has 2 unspecified atom stereocenters. The van der Waals surface area contributed by atoms with Crippen LogP contribution in [0.2, 0.25) is 0 Å². The smallest absolute Gasteiger partial charge is 0.269 e. The SMILES string of the molecule is CCC(C)C(N)c1cc([N+](=O)[O-])ccc1C. The highest BCUT2D eigenvalue weighted by Crippen LogP contribution is 2.27. The van der Waals surface area contributed by atoms with Crippen LogP contribution < -0.4 is 5.73 Å². The molecule has 4 nitrogen and oxygen atoms in total. The molecule has 4 heteroatoms. The van der Waals surface area contributed by atoms with Gasteiger partial charge in [0.15, 0.2) is 0 Å². The van der Waals surface area contributed by atoms with Gasteiger partial charge in [-0.3, -0.25) is 10.1 Å². The number of hydrogen-bond acceptors (Lipinski definition) is 3. The summed E-state index contributed by atoms with van der Waals surface area (Å²) in [5.74, 6) is 0.320. The largest absolute Gasteiger partial charge is 0.324 e. The van der Waals surface area contributed by atoms with E-state index in [9.17, 15) is 10.1 Å². The number of nitro benzene ring substituents is 1. The fourth-order valence-electron chi connectivity index (χ4n) is 1.66. The number of nitro groups is 1. The number of non-ortho nitro benzene ring substituents is 1. The first-order chi connectivity index (χ1) is 7.47. The van der Waals surface area contributed by atoms with Crippen molar-refractivity contribution < 1.29 is 4.92 Å². The van der Waals surface area contributed by atoms with Gasteiger partial charge in [-0.2, -0.15) is 0 Å². The second kappa shape index (κ2) is 5.07. The maximum atomic E-state index is 10.7. The Labute approximate surface area is 95.6 Å². The van der Waals surface area contributed by atoms with Gasteiger partial charge in [-0.25, -0.2) is 0 Å². The van der Waals surface area contributed by atoms with Crippen molar-refractivity contribution in [1.82, 2.24) is 0 Å². The predicted octanol–water partition coefficient (Wildman–Crippen LogP) is 2.95. The lowest BCUT2D eigenvalue weighted by molar-refractivity contribution is -0.384. The van der Waals surface area contributed by atoms with Crippen LogP contribution in [0.1, 0.15) is 37.4 Å². The molecule has 0 saturated carbocycles. The summed E-state index contributed by atoms with van der Waals surface area (Å²) in [6, 6.07) is 4.73. The fraction of sp³-hybridized carbons (Fsp3) is 0.500. The van der Waals surface area contributed by atoms with Crippen LogP contribution in [0.3, 0.4) is 0 Å². The van der Waals surface area contributed by atoms with Gasteiger partial charge in [0, 0.05) is 18.2 Å². The van der Waals surface area contributed by atoms with E-state index in [4.69, 9.17) is 5.73 Å². The Morgan fingerprint density at radius 1 is 1.50 bits per heavy atom. The standard InChI is InChI=1S/C12H18N2O2/c1-4-8(2)12(13)11-7-10(14(15)16)6-5-9(11)3/h5-8,12H,4,13H2,1-3H3. The molecule has 0 fully saturated rings. The summed E-state index contributed by atoms with van der Waals surface area (Å²) in [5.41, 5.74) is 8.10. The van der Waals surface area contributed by atoms with Crippen molar-refractivity contribution in [3.8, 4) is 0 Å². The Morgan fingerprint density at radius 2 is 2.12 bits per heavy atom. The summed E-state index contributed by atoms with van der Waals surface area (Å²) >= 11 is 0. The van der Waals surface area contributed by atoms with E-state index in [-0.39, 0.29) is 16.7 Å². The monoisotopic (exact) mass is 222 g/mol. The van der Waals surface area contributed by atoms with E-state index >= 15 is 0 Å². The number of rotatable bonds is 4. The normalized spacial score (nSPS) is 14.5. The van der Waals surface area contributed by atoms with Crippen LogP contribution in [0.4, 0.5) is 5.69 Å². The lowest BCUT2D eigenvalue weighted by atomic mass is 9.90. The van der Waals surface area contributed by atoms with E-state index in [0.29, 0.717) is 5.92 Å². The Balaban J connectivity index is 3.11.